The molecule has 0 spiro atoms. The number of nitrogens with one attached hydrogen (secondary N) is 1. The van der Waals surface area contributed by atoms with Crippen molar-refractivity contribution in [3.63, 3.8) is 0 Å². The first kappa shape index (κ1) is 17.8. The molecule has 0 saturated heterocycles. The summed E-state index contributed by atoms with van der Waals surface area (Å²) in [6.07, 6.45) is -3.02. The van der Waals surface area contributed by atoms with Gasteiger partial charge in [-0.15, -0.1) is 0 Å². The van der Waals surface area contributed by atoms with E-state index in [9.17, 15) is 18.0 Å². The summed E-state index contributed by atoms with van der Waals surface area (Å²) >= 11 is 1.39. The molecule has 0 heterocycles. The van der Waals surface area contributed by atoms with E-state index in [4.69, 9.17) is 5.11 Å². The molecule has 118 valence electrons. The van der Waals surface area contributed by atoms with E-state index in [1.165, 1.54) is 30.0 Å². The van der Waals surface area contributed by atoms with Crippen LogP contribution in [-0.4, -0.2) is 35.2 Å². The standard InChI is InChI=1S/C14H18F3NO2S/c1-9(12(8-19)21-2)18-13(20)7-10-5-3-4-6-11(10)14(15,16)17/h3-6,9,12,19H,7-8H2,1-2H3,(H,18,20)/t9-,12-/m0/s1. The third-order valence-corrected chi connectivity index (χ3v) is 4.27. The van der Waals surface area contributed by atoms with Crippen LogP contribution >= 0.6 is 11.8 Å². The summed E-state index contributed by atoms with van der Waals surface area (Å²) in [7, 11) is 0. The maximum Gasteiger partial charge on any atom is 0.416 e. The Kier molecular flexibility index (Phi) is 6.54. The SMILES string of the molecule is CS[C@@H](CO)[C@H](C)NC(=O)Cc1ccccc1C(F)(F)F. The number of hydrogen-bond donors (Lipinski definition) is 2. The highest BCUT2D eigenvalue weighted by Gasteiger charge is 2.33. The largest absolute Gasteiger partial charge is 0.416 e. The van der Waals surface area contributed by atoms with Crippen LogP contribution in [-0.2, 0) is 17.4 Å². The Labute approximate surface area is 125 Å². The fourth-order valence-electron chi connectivity index (χ4n) is 1.96. The molecule has 0 bridgehead atoms. The first-order valence-corrected chi connectivity index (χ1v) is 7.66. The number of rotatable bonds is 6. The Balaban J connectivity index is 2.76. The molecule has 0 aliphatic rings. The van der Waals surface area contributed by atoms with Gasteiger partial charge in [-0.3, -0.25) is 4.79 Å². The van der Waals surface area contributed by atoms with Crippen molar-refractivity contribution in [1.29, 1.82) is 0 Å². The molecule has 21 heavy (non-hydrogen) atoms. The van der Waals surface area contributed by atoms with Crippen molar-refractivity contribution in [3.05, 3.63) is 35.4 Å². The minimum Gasteiger partial charge on any atom is -0.395 e. The number of aliphatic hydroxyl groups is 1. The van der Waals surface area contributed by atoms with Gasteiger partial charge in [-0.2, -0.15) is 24.9 Å². The number of carbonyl (C=O) groups is 1. The molecule has 0 radical (unpaired) electrons. The molecule has 0 aromatic heterocycles. The molecule has 0 unspecified atom stereocenters. The first-order chi connectivity index (χ1) is 9.79. The number of hydrogen-bond acceptors (Lipinski definition) is 3. The first-order valence-electron chi connectivity index (χ1n) is 6.37. The average Bonchev–Trinajstić information content (AvgIpc) is 2.39. The second-order valence-corrected chi connectivity index (χ2v) is 5.72. The second-order valence-electron chi connectivity index (χ2n) is 4.64. The number of benzene rings is 1. The summed E-state index contributed by atoms with van der Waals surface area (Å²) in [5.74, 6) is -0.494. The van der Waals surface area contributed by atoms with E-state index in [0.717, 1.165) is 6.07 Å². The van der Waals surface area contributed by atoms with Crippen LogP contribution in [0.1, 0.15) is 18.1 Å². The Morgan fingerprint density at radius 2 is 2.00 bits per heavy atom. The van der Waals surface area contributed by atoms with E-state index in [0.29, 0.717) is 0 Å². The maximum absolute atomic E-state index is 12.8. The molecule has 1 amide bonds. The van der Waals surface area contributed by atoms with E-state index in [-0.39, 0.29) is 29.9 Å². The van der Waals surface area contributed by atoms with Crippen molar-refractivity contribution < 1.29 is 23.1 Å². The number of alkyl halides is 3. The lowest BCUT2D eigenvalue weighted by molar-refractivity contribution is -0.138. The normalized spacial score (nSPS) is 14.6. The lowest BCUT2D eigenvalue weighted by atomic mass is 10.0. The van der Waals surface area contributed by atoms with E-state index in [2.05, 4.69) is 5.32 Å². The third-order valence-electron chi connectivity index (χ3n) is 3.10. The average molecular weight is 321 g/mol. The zero-order valence-corrected chi connectivity index (χ0v) is 12.6. The molecule has 1 aromatic carbocycles. The van der Waals surface area contributed by atoms with Gasteiger partial charge < -0.3 is 10.4 Å². The fourth-order valence-corrected chi connectivity index (χ4v) is 2.58. The fraction of sp³-hybridized carbons (Fsp3) is 0.500. The van der Waals surface area contributed by atoms with Gasteiger partial charge in [-0.1, -0.05) is 18.2 Å². The van der Waals surface area contributed by atoms with Gasteiger partial charge in [0.15, 0.2) is 0 Å². The Morgan fingerprint density at radius 1 is 1.38 bits per heavy atom. The van der Waals surface area contributed by atoms with Crippen molar-refractivity contribution in [3.8, 4) is 0 Å². The summed E-state index contributed by atoms with van der Waals surface area (Å²) in [5.41, 5.74) is -0.851. The van der Waals surface area contributed by atoms with Crippen LogP contribution in [0.25, 0.3) is 0 Å². The molecule has 2 N–H and O–H groups in total. The second kappa shape index (κ2) is 7.70. The van der Waals surface area contributed by atoms with Crippen LogP contribution < -0.4 is 5.32 Å². The molecule has 0 saturated carbocycles. The summed E-state index contributed by atoms with van der Waals surface area (Å²) in [4.78, 5) is 11.9. The van der Waals surface area contributed by atoms with E-state index in [1.807, 2.05) is 0 Å². The van der Waals surface area contributed by atoms with Crippen molar-refractivity contribution in [2.75, 3.05) is 12.9 Å². The van der Waals surface area contributed by atoms with Gasteiger partial charge in [0.2, 0.25) is 5.91 Å². The number of amides is 1. The molecule has 2 atom stereocenters. The number of carbonyl (C=O) groups excluding carboxylic acids is 1. The zero-order chi connectivity index (χ0) is 16.0. The maximum atomic E-state index is 12.8. The van der Waals surface area contributed by atoms with Crippen LogP contribution in [0.15, 0.2) is 24.3 Å². The highest BCUT2D eigenvalue weighted by Crippen LogP contribution is 2.32. The highest BCUT2D eigenvalue weighted by atomic mass is 32.2. The van der Waals surface area contributed by atoms with Crippen LogP contribution in [0.4, 0.5) is 13.2 Å². The van der Waals surface area contributed by atoms with E-state index < -0.39 is 17.6 Å². The summed E-state index contributed by atoms with van der Waals surface area (Å²) in [5, 5.41) is 11.6. The third kappa shape index (κ3) is 5.24. The van der Waals surface area contributed by atoms with Gasteiger partial charge in [0, 0.05) is 11.3 Å². The van der Waals surface area contributed by atoms with Gasteiger partial charge >= 0.3 is 6.18 Å². The molecule has 0 fully saturated rings. The van der Waals surface area contributed by atoms with E-state index >= 15 is 0 Å². The van der Waals surface area contributed by atoms with Crippen molar-refractivity contribution in [2.24, 2.45) is 0 Å². The summed E-state index contributed by atoms with van der Waals surface area (Å²) in [6.45, 7) is 1.60. The van der Waals surface area contributed by atoms with Gasteiger partial charge in [-0.05, 0) is 24.8 Å². The molecular formula is C14H18F3NO2S. The quantitative estimate of drug-likeness (QED) is 0.846. The van der Waals surface area contributed by atoms with Crippen molar-refractivity contribution in [1.82, 2.24) is 5.32 Å². The van der Waals surface area contributed by atoms with Gasteiger partial charge in [-0.25, -0.2) is 0 Å². The Hall–Kier alpha value is -1.21. The van der Waals surface area contributed by atoms with Gasteiger partial charge in [0.05, 0.1) is 18.6 Å². The predicted octanol–water partition coefficient (Wildman–Crippen LogP) is 2.48. The minimum atomic E-state index is -4.48. The van der Waals surface area contributed by atoms with Crippen LogP contribution in [0, 0.1) is 0 Å². The predicted molar refractivity (Wildman–Crippen MR) is 77.1 cm³/mol. The molecule has 0 aliphatic heterocycles. The van der Waals surface area contributed by atoms with Gasteiger partial charge in [0.1, 0.15) is 0 Å². The highest BCUT2D eigenvalue weighted by molar-refractivity contribution is 7.99. The Morgan fingerprint density at radius 3 is 2.52 bits per heavy atom. The number of halogens is 3. The summed E-state index contributed by atoms with van der Waals surface area (Å²) < 4.78 is 38.5. The lowest BCUT2D eigenvalue weighted by Gasteiger charge is -2.21. The molecule has 3 nitrogen and oxygen atoms in total. The van der Waals surface area contributed by atoms with Crippen molar-refractivity contribution >= 4 is 17.7 Å². The van der Waals surface area contributed by atoms with Crippen LogP contribution in [0.2, 0.25) is 0 Å². The summed E-state index contributed by atoms with van der Waals surface area (Å²) in [6, 6.07) is 4.70. The molecule has 1 aromatic rings. The molecule has 0 aliphatic carbocycles. The van der Waals surface area contributed by atoms with Crippen LogP contribution in [0.5, 0.6) is 0 Å². The van der Waals surface area contributed by atoms with Crippen molar-refractivity contribution in [2.45, 2.75) is 30.8 Å². The van der Waals surface area contributed by atoms with Crippen LogP contribution in [0.3, 0.4) is 0 Å². The smallest absolute Gasteiger partial charge is 0.395 e. The molecule has 7 heteroatoms. The molecule has 1 rings (SSSR count). The number of thioether (sulfide) groups is 1. The monoisotopic (exact) mass is 321 g/mol. The zero-order valence-electron chi connectivity index (χ0n) is 11.8. The van der Waals surface area contributed by atoms with E-state index in [1.54, 1.807) is 13.2 Å². The topological polar surface area (TPSA) is 49.3 Å². The Bertz CT molecular complexity index is 476. The van der Waals surface area contributed by atoms with Gasteiger partial charge in [0.25, 0.3) is 0 Å². The number of aliphatic hydroxyl groups excluding tert-OH is 1. The minimum absolute atomic E-state index is 0.0561. The lowest BCUT2D eigenvalue weighted by Crippen LogP contribution is -2.42. The molecular weight excluding hydrogens is 303 g/mol.